The van der Waals surface area contributed by atoms with Gasteiger partial charge in [0.05, 0.1) is 5.02 Å². The molecule has 1 aromatic rings. The SMILES string of the molecule is CCNCCCCCc1cc(Cl)c(Br)cc1F. The van der Waals surface area contributed by atoms with Gasteiger partial charge in [0.2, 0.25) is 0 Å². The third-order valence-corrected chi connectivity index (χ3v) is 3.84. The fraction of sp³-hybridized carbons (Fsp3) is 0.538. The Bertz CT molecular complexity index is 358. The van der Waals surface area contributed by atoms with E-state index in [9.17, 15) is 4.39 Å². The van der Waals surface area contributed by atoms with Gasteiger partial charge in [-0.05, 0) is 66.0 Å². The van der Waals surface area contributed by atoms with Crippen LogP contribution in [0.1, 0.15) is 31.7 Å². The first-order valence-electron chi connectivity index (χ1n) is 5.99. The summed E-state index contributed by atoms with van der Waals surface area (Å²) in [4.78, 5) is 0. The summed E-state index contributed by atoms with van der Waals surface area (Å²) in [5.41, 5.74) is 0.710. The Morgan fingerprint density at radius 2 is 2.06 bits per heavy atom. The van der Waals surface area contributed by atoms with Crippen molar-refractivity contribution < 1.29 is 4.39 Å². The summed E-state index contributed by atoms with van der Waals surface area (Å²) in [5.74, 6) is -0.173. The first-order chi connectivity index (χ1) is 8.15. The van der Waals surface area contributed by atoms with Crippen LogP contribution in [0.5, 0.6) is 0 Å². The molecule has 0 aliphatic rings. The molecule has 0 atom stereocenters. The maximum absolute atomic E-state index is 13.6. The molecule has 0 aromatic heterocycles. The monoisotopic (exact) mass is 321 g/mol. The fourth-order valence-electron chi connectivity index (χ4n) is 1.67. The van der Waals surface area contributed by atoms with Gasteiger partial charge in [0.25, 0.3) is 0 Å². The summed E-state index contributed by atoms with van der Waals surface area (Å²) in [6.07, 6.45) is 4.01. The molecular formula is C13H18BrClFN. The predicted octanol–water partition coefficient (Wildman–Crippen LogP) is 4.56. The van der Waals surface area contributed by atoms with Gasteiger partial charge in [0, 0.05) is 4.47 Å². The molecule has 1 N–H and O–H groups in total. The van der Waals surface area contributed by atoms with Crippen LogP contribution in [0, 0.1) is 5.82 Å². The van der Waals surface area contributed by atoms with Gasteiger partial charge >= 0.3 is 0 Å². The maximum Gasteiger partial charge on any atom is 0.127 e. The van der Waals surface area contributed by atoms with Crippen molar-refractivity contribution in [1.82, 2.24) is 5.32 Å². The van der Waals surface area contributed by atoms with Crippen LogP contribution in [0.4, 0.5) is 4.39 Å². The number of benzene rings is 1. The van der Waals surface area contributed by atoms with Gasteiger partial charge in [0.1, 0.15) is 5.82 Å². The highest BCUT2D eigenvalue weighted by molar-refractivity contribution is 9.10. The van der Waals surface area contributed by atoms with Crippen LogP contribution in [-0.2, 0) is 6.42 Å². The van der Waals surface area contributed by atoms with E-state index in [1.807, 2.05) is 0 Å². The number of unbranched alkanes of at least 4 members (excludes halogenated alkanes) is 2. The van der Waals surface area contributed by atoms with Crippen LogP contribution in [-0.4, -0.2) is 13.1 Å². The Hall–Kier alpha value is -0.120. The average Bonchev–Trinajstić information content (AvgIpc) is 2.30. The molecule has 0 bridgehead atoms. The topological polar surface area (TPSA) is 12.0 Å². The maximum atomic E-state index is 13.6. The molecule has 0 spiro atoms. The van der Waals surface area contributed by atoms with Crippen LogP contribution >= 0.6 is 27.5 Å². The second-order valence-electron chi connectivity index (χ2n) is 4.02. The van der Waals surface area contributed by atoms with Crippen molar-refractivity contribution in [3.05, 3.63) is 33.0 Å². The quantitative estimate of drug-likeness (QED) is 0.573. The Morgan fingerprint density at radius 1 is 1.29 bits per heavy atom. The zero-order chi connectivity index (χ0) is 12.7. The Balaban J connectivity index is 2.34. The molecule has 0 fully saturated rings. The van der Waals surface area contributed by atoms with E-state index in [-0.39, 0.29) is 5.82 Å². The van der Waals surface area contributed by atoms with Crippen LogP contribution in [0.3, 0.4) is 0 Å². The van der Waals surface area contributed by atoms with Gasteiger partial charge in [-0.2, -0.15) is 0 Å². The molecule has 0 heterocycles. The second-order valence-corrected chi connectivity index (χ2v) is 5.28. The molecule has 0 saturated carbocycles. The normalized spacial score (nSPS) is 10.8. The molecule has 0 radical (unpaired) electrons. The van der Waals surface area contributed by atoms with Crippen molar-refractivity contribution in [1.29, 1.82) is 0 Å². The molecule has 0 unspecified atom stereocenters. The number of nitrogens with one attached hydrogen (secondary N) is 1. The summed E-state index contributed by atoms with van der Waals surface area (Å²) < 4.78 is 14.2. The zero-order valence-corrected chi connectivity index (χ0v) is 12.4. The van der Waals surface area contributed by atoms with Gasteiger partial charge < -0.3 is 5.32 Å². The standard InChI is InChI=1S/C13H18BrClFN/c1-2-17-7-5-3-4-6-10-8-12(15)11(14)9-13(10)16/h8-9,17H,2-7H2,1H3. The van der Waals surface area contributed by atoms with E-state index in [1.54, 1.807) is 6.07 Å². The van der Waals surface area contributed by atoms with E-state index in [0.717, 1.165) is 38.8 Å². The molecule has 0 aliphatic carbocycles. The third-order valence-electron chi connectivity index (χ3n) is 2.64. The van der Waals surface area contributed by atoms with Gasteiger partial charge in [-0.15, -0.1) is 0 Å². The van der Waals surface area contributed by atoms with Gasteiger partial charge in [-0.1, -0.05) is 24.9 Å². The highest BCUT2D eigenvalue weighted by atomic mass is 79.9. The first kappa shape index (κ1) is 14.9. The molecule has 1 aromatic carbocycles. The summed E-state index contributed by atoms with van der Waals surface area (Å²) in [6, 6.07) is 3.15. The highest BCUT2D eigenvalue weighted by Gasteiger charge is 2.06. The van der Waals surface area contributed by atoms with E-state index < -0.39 is 0 Å². The highest BCUT2D eigenvalue weighted by Crippen LogP contribution is 2.26. The van der Waals surface area contributed by atoms with Crippen LogP contribution in [0.2, 0.25) is 5.02 Å². The Kier molecular flexibility index (Phi) is 7.09. The smallest absolute Gasteiger partial charge is 0.127 e. The van der Waals surface area contributed by atoms with Crippen molar-refractivity contribution >= 4 is 27.5 Å². The summed E-state index contributed by atoms with van der Waals surface area (Å²) in [7, 11) is 0. The van der Waals surface area contributed by atoms with E-state index in [2.05, 4.69) is 28.2 Å². The minimum Gasteiger partial charge on any atom is -0.317 e. The van der Waals surface area contributed by atoms with E-state index >= 15 is 0 Å². The molecule has 4 heteroatoms. The van der Waals surface area contributed by atoms with E-state index in [1.165, 1.54) is 6.07 Å². The van der Waals surface area contributed by atoms with E-state index in [4.69, 9.17) is 11.6 Å². The summed E-state index contributed by atoms with van der Waals surface area (Å²) >= 11 is 9.15. The Morgan fingerprint density at radius 3 is 2.76 bits per heavy atom. The van der Waals surface area contributed by atoms with Crippen molar-refractivity contribution in [2.45, 2.75) is 32.6 Å². The average molecular weight is 323 g/mol. The van der Waals surface area contributed by atoms with Crippen molar-refractivity contribution in [2.24, 2.45) is 0 Å². The van der Waals surface area contributed by atoms with Crippen LogP contribution in [0.15, 0.2) is 16.6 Å². The fourth-order valence-corrected chi connectivity index (χ4v) is 2.18. The molecule has 1 nitrogen and oxygen atoms in total. The lowest BCUT2D eigenvalue weighted by molar-refractivity contribution is 0.584. The minimum absolute atomic E-state index is 0.173. The first-order valence-corrected chi connectivity index (χ1v) is 7.16. The summed E-state index contributed by atoms with van der Waals surface area (Å²) in [5, 5.41) is 3.85. The van der Waals surface area contributed by atoms with Crippen molar-refractivity contribution in [3.63, 3.8) is 0 Å². The predicted molar refractivity (Wildman–Crippen MR) is 75.2 cm³/mol. The van der Waals surface area contributed by atoms with Gasteiger partial charge in [0.15, 0.2) is 0 Å². The molecule has 1 rings (SSSR count). The molecule has 0 saturated heterocycles. The van der Waals surface area contributed by atoms with Crippen LogP contribution in [0.25, 0.3) is 0 Å². The number of halogens is 3. The lowest BCUT2D eigenvalue weighted by Crippen LogP contribution is -2.13. The van der Waals surface area contributed by atoms with Gasteiger partial charge in [-0.3, -0.25) is 0 Å². The largest absolute Gasteiger partial charge is 0.317 e. The van der Waals surface area contributed by atoms with Crippen molar-refractivity contribution in [2.75, 3.05) is 13.1 Å². The molecular weight excluding hydrogens is 305 g/mol. The lowest BCUT2D eigenvalue weighted by Gasteiger charge is -2.06. The van der Waals surface area contributed by atoms with Crippen LogP contribution < -0.4 is 5.32 Å². The molecule has 0 amide bonds. The third kappa shape index (κ3) is 5.36. The minimum atomic E-state index is -0.173. The number of aryl methyl sites for hydroxylation is 1. The molecule has 0 aliphatic heterocycles. The summed E-state index contributed by atoms with van der Waals surface area (Å²) in [6.45, 7) is 4.15. The molecule has 96 valence electrons. The molecule has 17 heavy (non-hydrogen) atoms. The Labute approximate surface area is 116 Å². The van der Waals surface area contributed by atoms with Crippen molar-refractivity contribution in [3.8, 4) is 0 Å². The number of hydrogen-bond donors (Lipinski definition) is 1. The number of rotatable bonds is 7. The van der Waals surface area contributed by atoms with Gasteiger partial charge in [-0.25, -0.2) is 4.39 Å². The lowest BCUT2D eigenvalue weighted by atomic mass is 10.1. The number of hydrogen-bond acceptors (Lipinski definition) is 1. The zero-order valence-electron chi connectivity index (χ0n) is 10.0. The second kappa shape index (κ2) is 8.06. The van der Waals surface area contributed by atoms with E-state index in [0.29, 0.717) is 15.1 Å².